The summed E-state index contributed by atoms with van der Waals surface area (Å²) in [5, 5.41) is 7.18. The molecule has 0 aliphatic heterocycles. The van der Waals surface area contributed by atoms with E-state index >= 15 is 0 Å². The maximum atomic E-state index is 12.1. The highest BCUT2D eigenvalue weighted by molar-refractivity contribution is 6.32. The molecule has 124 valence electrons. The number of nitrogens with one attached hydrogen (secondary N) is 1. The van der Waals surface area contributed by atoms with E-state index in [1.165, 1.54) is 24.4 Å². The average Bonchev–Trinajstić information content (AvgIpc) is 2.79. The van der Waals surface area contributed by atoms with Crippen molar-refractivity contribution in [2.45, 2.75) is 26.5 Å². The molecule has 0 spiro atoms. The largest absolute Gasteiger partial charge is 0.433 e. The third-order valence-electron chi connectivity index (χ3n) is 3.03. The van der Waals surface area contributed by atoms with Gasteiger partial charge in [0.2, 0.25) is 5.91 Å². The third-order valence-corrected chi connectivity index (χ3v) is 3.69. The number of hydrogen-bond acceptors (Lipinski definition) is 3. The number of aromatic nitrogens is 2. The maximum Gasteiger partial charge on any atom is 0.387 e. The van der Waals surface area contributed by atoms with Crippen LogP contribution in [0.25, 0.3) is 0 Å². The van der Waals surface area contributed by atoms with Crippen LogP contribution in [-0.4, -0.2) is 22.3 Å². The van der Waals surface area contributed by atoms with Crippen molar-refractivity contribution in [3.63, 3.8) is 0 Å². The van der Waals surface area contributed by atoms with Gasteiger partial charge in [0.25, 0.3) is 0 Å². The highest BCUT2D eigenvalue weighted by atomic mass is 35.5. The van der Waals surface area contributed by atoms with Crippen molar-refractivity contribution >= 4 is 34.8 Å². The van der Waals surface area contributed by atoms with Crippen molar-refractivity contribution in [2.75, 3.05) is 5.32 Å². The van der Waals surface area contributed by atoms with Crippen LogP contribution < -0.4 is 10.1 Å². The average molecular weight is 364 g/mol. The molecule has 2 rings (SSSR count). The zero-order chi connectivity index (χ0) is 17.0. The van der Waals surface area contributed by atoms with Gasteiger partial charge in [0, 0.05) is 12.1 Å². The number of benzene rings is 1. The van der Waals surface area contributed by atoms with Crippen molar-refractivity contribution in [2.24, 2.45) is 0 Å². The molecule has 0 aliphatic carbocycles. The Morgan fingerprint density at radius 3 is 2.70 bits per heavy atom. The van der Waals surface area contributed by atoms with Crippen LogP contribution in [0.2, 0.25) is 10.0 Å². The molecule has 0 unspecified atom stereocenters. The molecule has 0 aliphatic rings. The smallest absolute Gasteiger partial charge is 0.387 e. The molecule has 0 fully saturated rings. The van der Waals surface area contributed by atoms with Gasteiger partial charge in [-0.1, -0.05) is 23.2 Å². The topological polar surface area (TPSA) is 56.2 Å². The lowest BCUT2D eigenvalue weighted by molar-refractivity contribution is -0.116. The number of carbonyl (C=O) groups is 1. The molecule has 1 N–H and O–H groups in total. The minimum atomic E-state index is -2.96. The fourth-order valence-electron chi connectivity index (χ4n) is 1.85. The molecule has 1 amide bonds. The Morgan fingerprint density at radius 2 is 2.13 bits per heavy atom. The highest BCUT2D eigenvalue weighted by Crippen LogP contribution is 2.29. The van der Waals surface area contributed by atoms with Crippen LogP contribution in [0.15, 0.2) is 24.4 Å². The highest BCUT2D eigenvalue weighted by Gasteiger charge is 2.11. The predicted octanol–water partition coefficient (Wildman–Crippen LogP) is 4.13. The molecular formula is C14H13Cl2F2N3O2. The van der Waals surface area contributed by atoms with Gasteiger partial charge in [-0.25, -0.2) is 0 Å². The first-order valence-corrected chi connectivity index (χ1v) is 7.34. The number of amides is 1. The summed E-state index contributed by atoms with van der Waals surface area (Å²) in [5.74, 6) is -0.420. The van der Waals surface area contributed by atoms with Crippen LogP contribution in [0.3, 0.4) is 0 Å². The van der Waals surface area contributed by atoms with E-state index in [1.54, 1.807) is 11.6 Å². The SMILES string of the molecule is Cc1c(Cl)cnn1CCC(=O)Nc1ccc(OC(F)F)c(Cl)c1. The lowest BCUT2D eigenvalue weighted by Gasteiger charge is -2.10. The van der Waals surface area contributed by atoms with Crippen LogP contribution in [-0.2, 0) is 11.3 Å². The zero-order valence-corrected chi connectivity index (χ0v) is 13.5. The molecular weight excluding hydrogens is 351 g/mol. The summed E-state index contributed by atoms with van der Waals surface area (Å²) in [7, 11) is 0. The number of rotatable bonds is 6. The van der Waals surface area contributed by atoms with Gasteiger partial charge in [-0.3, -0.25) is 9.48 Å². The monoisotopic (exact) mass is 363 g/mol. The second-order valence-corrected chi connectivity index (χ2v) is 5.44. The molecule has 0 saturated carbocycles. The van der Waals surface area contributed by atoms with Crippen molar-refractivity contribution in [3.05, 3.63) is 40.1 Å². The second kappa shape index (κ2) is 7.61. The van der Waals surface area contributed by atoms with E-state index in [-0.39, 0.29) is 23.1 Å². The van der Waals surface area contributed by atoms with Crippen molar-refractivity contribution < 1.29 is 18.3 Å². The number of carbonyl (C=O) groups excluding carboxylic acids is 1. The Balaban J connectivity index is 1.92. The molecule has 1 aromatic heterocycles. The normalized spacial score (nSPS) is 10.9. The molecule has 0 saturated heterocycles. The Bertz CT molecular complexity index is 707. The molecule has 2 aromatic rings. The lowest BCUT2D eigenvalue weighted by Crippen LogP contribution is -2.15. The van der Waals surface area contributed by atoms with Crippen LogP contribution in [0.1, 0.15) is 12.1 Å². The Morgan fingerprint density at radius 1 is 1.39 bits per heavy atom. The van der Waals surface area contributed by atoms with Gasteiger partial charge in [0.15, 0.2) is 0 Å². The Kier molecular flexibility index (Phi) is 5.79. The Hall–Kier alpha value is -1.86. The lowest BCUT2D eigenvalue weighted by atomic mass is 10.3. The van der Waals surface area contributed by atoms with Gasteiger partial charge >= 0.3 is 6.61 Å². The standard InChI is InChI=1S/C14H13Cl2F2N3O2/c1-8-11(16)7-19-21(8)5-4-13(22)20-9-2-3-12(10(15)6-9)23-14(17)18/h2-3,6-7,14H,4-5H2,1H3,(H,20,22). The fourth-order valence-corrected chi connectivity index (χ4v) is 2.22. The van der Waals surface area contributed by atoms with Gasteiger partial charge < -0.3 is 10.1 Å². The van der Waals surface area contributed by atoms with E-state index in [2.05, 4.69) is 15.2 Å². The van der Waals surface area contributed by atoms with Gasteiger partial charge in [-0.2, -0.15) is 13.9 Å². The first-order chi connectivity index (χ1) is 10.9. The summed E-state index contributed by atoms with van der Waals surface area (Å²) in [4.78, 5) is 11.9. The van der Waals surface area contributed by atoms with E-state index in [0.717, 1.165) is 5.69 Å². The van der Waals surface area contributed by atoms with E-state index in [1.807, 2.05) is 0 Å². The Labute approximate surface area is 141 Å². The van der Waals surface area contributed by atoms with Crippen molar-refractivity contribution in [3.8, 4) is 5.75 Å². The van der Waals surface area contributed by atoms with Crippen LogP contribution >= 0.6 is 23.2 Å². The molecule has 5 nitrogen and oxygen atoms in total. The summed E-state index contributed by atoms with van der Waals surface area (Å²) < 4.78 is 30.1. The summed E-state index contributed by atoms with van der Waals surface area (Å²) in [6.07, 6.45) is 1.68. The molecule has 0 bridgehead atoms. The molecule has 1 aromatic carbocycles. The maximum absolute atomic E-state index is 12.1. The predicted molar refractivity (Wildman–Crippen MR) is 83.3 cm³/mol. The summed E-state index contributed by atoms with van der Waals surface area (Å²) in [6.45, 7) is -0.795. The zero-order valence-electron chi connectivity index (χ0n) is 12.0. The van der Waals surface area contributed by atoms with Crippen LogP contribution in [0, 0.1) is 6.92 Å². The number of aryl methyl sites for hydroxylation is 1. The van der Waals surface area contributed by atoms with E-state index in [9.17, 15) is 13.6 Å². The fraction of sp³-hybridized carbons (Fsp3) is 0.286. The van der Waals surface area contributed by atoms with Crippen molar-refractivity contribution in [1.29, 1.82) is 0 Å². The van der Waals surface area contributed by atoms with Crippen LogP contribution in [0.4, 0.5) is 14.5 Å². The summed E-state index contributed by atoms with van der Waals surface area (Å²) in [6, 6.07) is 4.03. The first kappa shape index (κ1) is 17.5. The van der Waals surface area contributed by atoms with Gasteiger partial charge in [-0.05, 0) is 25.1 Å². The molecule has 0 atom stereocenters. The molecule has 1 heterocycles. The summed E-state index contributed by atoms with van der Waals surface area (Å²) in [5.41, 5.74) is 1.16. The molecule has 23 heavy (non-hydrogen) atoms. The quantitative estimate of drug-likeness (QED) is 0.839. The summed E-state index contributed by atoms with van der Waals surface area (Å²) >= 11 is 11.7. The number of halogens is 4. The van der Waals surface area contributed by atoms with E-state index in [0.29, 0.717) is 17.3 Å². The minimum Gasteiger partial charge on any atom is -0.433 e. The second-order valence-electron chi connectivity index (χ2n) is 4.62. The van der Waals surface area contributed by atoms with Crippen LogP contribution in [0.5, 0.6) is 5.75 Å². The molecule has 9 heteroatoms. The third kappa shape index (κ3) is 4.80. The van der Waals surface area contributed by atoms with Gasteiger partial charge in [-0.15, -0.1) is 0 Å². The number of nitrogens with zero attached hydrogens (tertiary/aromatic N) is 2. The van der Waals surface area contributed by atoms with E-state index < -0.39 is 6.61 Å². The van der Waals surface area contributed by atoms with Gasteiger partial charge in [0.1, 0.15) is 5.75 Å². The first-order valence-electron chi connectivity index (χ1n) is 6.59. The molecule has 0 radical (unpaired) electrons. The van der Waals surface area contributed by atoms with E-state index in [4.69, 9.17) is 23.2 Å². The number of anilines is 1. The number of ether oxygens (including phenoxy) is 1. The number of alkyl halides is 2. The van der Waals surface area contributed by atoms with Gasteiger partial charge in [0.05, 0.1) is 28.5 Å². The van der Waals surface area contributed by atoms with Crippen molar-refractivity contribution in [1.82, 2.24) is 9.78 Å². The minimum absolute atomic E-state index is 0.0159. The number of hydrogen-bond donors (Lipinski definition) is 1.